The van der Waals surface area contributed by atoms with E-state index in [1.807, 2.05) is 49.4 Å². The molecule has 2 aromatic carbocycles. The average Bonchev–Trinajstić information content (AvgIpc) is 3.09. The Bertz CT molecular complexity index is 1260. The summed E-state index contributed by atoms with van der Waals surface area (Å²) in [6, 6.07) is 18.6. The van der Waals surface area contributed by atoms with E-state index in [0.717, 1.165) is 11.3 Å². The van der Waals surface area contributed by atoms with E-state index >= 15 is 0 Å². The van der Waals surface area contributed by atoms with Crippen LogP contribution in [0.1, 0.15) is 35.0 Å². The van der Waals surface area contributed by atoms with Crippen LogP contribution < -0.4 is 10.2 Å². The number of rotatable bonds is 8. The van der Waals surface area contributed by atoms with E-state index in [0.29, 0.717) is 28.6 Å². The van der Waals surface area contributed by atoms with Gasteiger partial charge in [-0.05, 0) is 74.6 Å². The molecule has 0 saturated carbocycles. The molecular weight excluding hydrogens is 476 g/mol. The number of pyridine rings is 1. The monoisotopic (exact) mass is 502 g/mol. The predicted molar refractivity (Wildman–Crippen MR) is 140 cm³/mol. The summed E-state index contributed by atoms with van der Waals surface area (Å²) in [4.78, 5) is 45.9. The van der Waals surface area contributed by atoms with E-state index in [1.165, 1.54) is 4.90 Å². The molecule has 0 bridgehead atoms. The van der Waals surface area contributed by atoms with Crippen LogP contribution in [0.2, 0.25) is 0 Å². The zero-order valence-electron chi connectivity index (χ0n) is 20.0. The highest BCUT2D eigenvalue weighted by Gasteiger charge is 2.44. The first kappa shape index (κ1) is 25.0. The topological polar surface area (TPSA) is 91.8 Å². The first-order chi connectivity index (χ1) is 17.4. The van der Waals surface area contributed by atoms with Gasteiger partial charge in [0.15, 0.2) is 5.11 Å². The molecule has 1 fully saturated rings. The van der Waals surface area contributed by atoms with Gasteiger partial charge >= 0.3 is 5.97 Å². The maximum atomic E-state index is 13.5. The van der Waals surface area contributed by atoms with E-state index in [9.17, 15) is 14.4 Å². The molecular formula is C27H26N4O4S. The number of nitrogens with one attached hydrogen (secondary N) is 1. The molecule has 2 amide bonds. The number of hydrogen-bond donors (Lipinski definition) is 1. The van der Waals surface area contributed by atoms with Gasteiger partial charge in [0.05, 0.1) is 36.5 Å². The molecule has 4 rings (SSSR count). The maximum absolute atomic E-state index is 13.5. The van der Waals surface area contributed by atoms with Crippen molar-refractivity contribution >= 4 is 46.5 Å². The molecule has 1 aliphatic heterocycles. The van der Waals surface area contributed by atoms with Gasteiger partial charge in [0, 0.05) is 11.9 Å². The van der Waals surface area contributed by atoms with Gasteiger partial charge in [0.25, 0.3) is 5.91 Å². The van der Waals surface area contributed by atoms with Crippen molar-refractivity contribution in [2.75, 3.05) is 16.8 Å². The second kappa shape index (κ2) is 11.1. The normalized spacial score (nSPS) is 15.2. The highest BCUT2D eigenvalue weighted by atomic mass is 32.1. The molecule has 8 nitrogen and oxygen atoms in total. The number of amides is 2. The minimum absolute atomic E-state index is 0.103. The molecule has 184 valence electrons. The summed E-state index contributed by atoms with van der Waals surface area (Å²) in [5.41, 5.74) is 3.35. The van der Waals surface area contributed by atoms with Crippen LogP contribution >= 0.6 is 12.2 Å². The zero-order valence-corrected chi connectivity index (χ0v) is 20.8. The smallest absolute Gasteiger partial charge is 0.338 e. The molecule has 2 heterocycles. The molecule has 1 aromatic heterocycles. The van der Waals surface area contributed by atoms with Crippen LogP contribution in [0, 0.1) is 6.92 Å². The lowest BCUT2D eigenvalue weighted by atomic mass is 10.1. The predicted octanol–water partition coefficient (Wildman–Crippen LogP) is 4.10. The third-order valence-electron chi connectivity index (χ3n) is 5.73. The van der Waals surface area contributed by atoms with Crippen molar-refractivity contribution in [3.8, 4) is 0 Å². The van der Waals surface area contributed by atoms with Crippen molar-refractivity contribution in [2.45, 2.75) is 32.9 Å². The van der Waals surface area contributed by atoms with E-state index in [2.05, 4.69) is 10.3 Å². The summed E-state index contributed by atoms with van der Waals surface area (Å²) < 4.78 is 4.98. The van der Waals surface area contributed by atoms with Crippen LogP contribution in [0.5, 0.6) is 0 Å². The Hall–Kier alpha value is -4.11. The third-order valence-corrected chi connectivity index (χ3v) is 6.14. The standard InChI is InChI=1S/C27H26N4O4S/c1-3-35-26(34)19-9-11-20(12-10-19)29-24(32)16-23-25(33)31(22-13-7-18(2)8-14-22)27(36)30(23)17-21-6-4-5-15-28-21/h4-15,23H,3,16-17H2,1-2H3,(H,29,32). The van der Waals surface area contributed by atoms with Gasteiger partial charge < -0.3 is 15.0 Å². The van der Waals surface area contributed by atoms with Crippen LogP contribution in [0.3, 0.4) is 0 Å². The SMILES string of the molecule is CCOC(=O)c1ccc(NC(=O)CC2C(=O)N(c3ccc(C)cc3)C(=S)N2Cc2ccccn2)cc1. The van der Waals surface area contributed by atoms with E-state index in [1.54, 1.807) is 42.3 Å². The summed E-state index contributed by atoms with van der Waals surface area (Å²) in [5.74, 6) is -1.05. The molecule has 1 N–H and O–H groups in total. The van der Waals surface area contributed by atoms with Crippen molar-refractivity contribution < 1.29 is 19.1 Å². The number of carbonyl (C=O) groups excluding carboxylic acids is 3. The lowest BCUT2D eigenvalue weighted by Gasteiger charge is -2.23. The van der Waals surface area contributed by atoms with Crippen LogP contribution in [-0.2, 0) is 20.9 Å². The van der Waals surface area contributed by atoms with Gasteiger partial charge in [-0.25, -0.2) is 4.79 Å². The Kier molecular flexibility index (Phi) is 7.70. The number of ether oxygens (including phenoxy) is 1. The summed E-state index contributed by atoms with van der Waals surface area (Å²) >= 11 is 5.70. The molecule has 1 atom stereocenters. The number of esters is 1. The summed E-state index contributed by atoms with van der Waals surface area (Å²) in [6.45, 7) is 4.27. The fraction of sp³-hybridized carbons (Fsp3) is 0.222. The van der Waals surface area contributed by atoms with Gasteiger partial charge in [0.1, 0.15) is 6.04 Å². The number of benzene rings is 2. The van der Waals surface area contributed by atoms with Crippen molar-refractivity contribution in [1.82, 2.24) is 9.88 Å². The summed E-state index contributed by atoms with van der Waals surface area (Å²) in [6.07, 6.45) is 1.57. The van der Waals surface area contributed by atoms with Gasteiger partial charge in [-0.1, -0.05) is 23.8 Å². The highest BCUT2D eigenvalue weighted by molar-refractivity contribution is 7.80. The number of hydrogen-bond acceptors (Lipinski definition) is 6. The fourth-order valence-electron chi connectivity index (χ4n) is 3.90. The van der Waals surface area contributed by atoms with Gasteiger partial charge in [0.2, 0.25) is 5.91 Å². The van der Waals surface area contributed by atoms with E-state index in [-0.39, 0.29) is 24.8 Å². The molecule has 36 heavy (non-hydrogen) atoms. The summed E-state index contributed by atoms with van der Waals surface area (Å²) in [5, 5.41) is 3.13. The molecule has 0 aliphatic carbocycles. The fourth-order valence-corrected chi connectivity index (χ4v) is 4.29. The van der Waals surface area contributed by atoms with Crippen LogP contribution in [-0.4, -0.2) is 45.4 Å². The maximum Gasteiger partial charge on any atom is 0.338 e. The quantitative estimate of drug-likeness (QED) is 0.366. The molecule has 1 unspecified atom stereocenters. The number of nitrogens with zero attached hydrogens (tertiary/aromatic N) is 3. The molecule has 1 saturated heterocycles. The molecule has 0 spiro atoms. The van der Waals surface area contributed by atoms with Gasteiger partial charge in [-0.15, -0.1) is 0 Å². The zero-order chi connectivity index (χ0) is 25.7. The molecule has 0 radical (unpaired) electrons. The second-order valence-corrected chi connectivity index (χ2v) is 8.67. The Morgan fingerprint density at radius 3 is 2.42 bits per heavy atom. The van der Waals surface area contributed by atoms with Crippen molar-refractivity contribution in [1.29, 1.82) is 0 Å². The molecule has 3 aromatic rings. The van der Waals surface area contributed by atoms with E-state index in [4.69, 9.17) is 17.0 Å². The number of aryl methyl sites for hydroxylation is 1. The number of anilines is 2. The van der Waals surface area contributed by atoms with Crippen LogP contribution in [0.15, 0.2) is 72.9 Å². The molecule has 1 aliphatic rings. The van der Waals surface area contributed by atoms with Crippen molar-refractivity contribution in [2.24, 2.45) is 0 Å². The number of aromatic nitrogens is 1. The largest absolute Gasteiger partial charge is 0.462 e. The lowest BCUT2D eigenvalue weighted by molar-refractivity contribution is -0.124. The first-order valence-corrected chi connectivity index (χ1v) is 12.0. The van der Waals surface area contributed by atoms with Gasteiger partial charge in [-0.2, -0.15) is 0 Å². The lowest BCUT2D eigenvalue weighted by Crippen LogP contribution is -2.37. The summed E-state index contributed by atoms with van der Waals surface area (Å²) in [7, 11) is 0. The molecule has 9 heteroatoms. The minimum atomic E-state index is -0.792. The third kappa shape index (κ3) is 5.58. The number of thiocarbonyl (C=S) groups is 1. The van der Waals surface area contributed by atoms with Crippen LogP contribution in [0.25, 0.3) is 0 Å². The Balaban J connectivity index is 1.53. The Labute approximate surface area is 214 Å². The first-order valence-electron chi connectivity index (χ1n) is 11.6. The highest BCUT2D eigenvalue weighted by Crippen LogP contribution is 2.29. The van der Waals surface area contributed by atoms with E-state index < -0.39 is 12.0 Å². The average molecular weight is 503 g/mol. The van der Waals surface area contributed by atoms with Gasteiger partial charge in [-0.3, -0.25) is 19.5 Å². The Morgan fingerprint density at radius 2 is 1.78 bits per heavy atom. The number of carbonyl (C=O) groups is 3. The van der Waals surface area contributed by atoms with Crippen molar-refractivity contribution in [3.63, 3.8) is 0 Å². The van der Waals surface area contributed by atoms with Crippen molar-refractivity contribution in [3.05, 3.63) is 89.7 Å². The second-order valence-electron chi connectivity index (χ2n) is 8.31. The Morgan fingerprint density at radius 1 is 1.06 bits per heavy atom. The van der Waals surface area contributed by atoms with Crippen LogP contribution in [0.4, 0.5) is 11.4 Å². The minimum Gasteiger partial charge on any atom is -0.462 e.